The van der Waals surface area contributed by atoms with Crippen molar-refractivity contribution in [1.82, 2.24) is 4.90 Å². The largest absolute Gasteiger partial charge is 0.392 e. The van der Waals surface area contributed by atoms with Crippen LogP contribution in [0.3, 0.4) is 0 Å². The summed E-state index contributed by atoms with van der Waals surface area (Å²) in [7, 11) is 0. The second-order valence-electron chi connectivity index (χ2n) is 4.91. The van der Waals surface area contributed by atoms with Crippen molar-refractivity contribution in [2.75, 3.05) is 19.6 Å². The van der Waals surface area contributed by atoms with Gasteiger partial charge < -0.3 is 10.0 Å². The van der Waals surface area contributed by atoms with Gasteiger partial charge in [0.15, 0.2) is 0 Å². The van der Waals surface area contributed by atoms with Gasteiger partial charge in [-0.25, -0.2) is 0 Å². The molecule has 1 N–H and O–H groups in total. The van der Waals surface area contributed by atoms with E-state index in [-0.39, 0.29) is 6.10 Å². The molecule has 0 amide bonds. The van der Waals surface area contributed by atoms with Gasteiger partial charge in [-0.3, -0.25) is 0 Å². The Morgan fingerprint density at radius 2 is 2.15 bits per heavy atom. The van der Waals surface area contributed by atoms with E-state index in [1.54, 1.807) is 0 Å². The van der Waals surface area contributed by atoms with Gasteiger partial charge >= 0.3 is 0 Å². The van der Waals surface area contributed by atoms with Crippen molar-refractivity contribution >= 4 is 0 Å². The van der Waals surface area contributed by atoms with E-state index in [0.717, 1.165) is 12.5 Å². The smallest absolute Gasteiger partial charge is 0.0695 e. The second-order valence-corrected chi connectivity index (χ2v) is 4.91. The highest BCUT2D eigenvalue weighted by molar-refractivity contribution is 4.84. The van der Waals surface area contributed by atoms with E-state index in [9.17, 15) is 5.11 Å². The van der Waals surface area contributed by atoms with Crippen LogP contribution in [0, 0.1) is 11.8 Å². The average molecular weight is 183 g/mol. The van der Waals surface area contributed by atoms with E-state index in [4.69, 9.17) is 0 Å². The molecule has 1 saturated heterocycles. The Morgan fingerprint density at radius 3 is 2.77 bits per heavy atom. The molecule has 0 bridgehead atoms. The van der Waals surface area contributed by atoms with Crippen molar-refractivity contribution in [3.63, 3.8) is 0 Å². The number of aliphatic hydroxyl groups is 1. The van der Waals surface area contributed by atoms with Gasteiger partial charge in [0.1, 0.15) is 0 Å². The Kier molecular flexibility index (Phi) is 2.89. The highest BCUT2D eigenvalue weighted by Gasteiger charge is 2.31. The van der Waals surface area contributed by atoms with E-state index in [1.807, 2.05) is 0 Å². The molecule has 13 heavy (non-hydrogen) atoms. The zero-order chi connectivity index (χ0) is 9.26. The van der Waals surface area contributed by atoms with Crippen molar-refractivity contribution in [1.29, 1.82) is 0 Å². The summed E-state index contributed by atoms with van der Waals surface area (Å²) in [6, 6.07) is 0. The van der Waals surface area contributed by atoms with Crippen molar-refractivity contribution in [3.05, 3.63) is 0 Å². The maximum Gasteiger partial charge on any atom is 0.0695 e. The topological polar surface area (TPSA) is 23.5 Å². The highest BCUT2D eigenvalue weighted by atomic mass is 16.3. The van der Waals surface area contributed by atoms with Crippen LogP contribution in [0.1, 0.15) is 32.6 Å². The normalized spacial score (nSPS) is 33.2. The fourth-order valence-electron chi connectivity index (χ4n) is 2.35. The number of likely N-dealkylation sites (tertiary alicyclic amines) is 1. The maximum atomic E-state index is 9.79. The third kappa shape index (κ3) is 2.68. The molecule has 1 aliphatic heterocycles. The molecule has 0 aromatic rings. The lowest BCUT2D eigenvalue weighted by atomic mass is 10.00. The summed E-state index contributed by atoms with van der Waals surface area (Å²) in [6.45, 7) is 5.64. The third-order valence-electron chi connectivity index (χ3n) is 3.35. The molecule has 0 aromatic carbocycles. The summed E-state index contributed by atoms with van der Waals surface area (Å²) in [4.78, 5) is 2.44. The molecular formula is C11H21NO. The van der Waals surface area contributed by atoms with E-state index >= 15 is 0 Å². The number of hydrogen-bond donors (Lipinski definition) is 1. The Morgan fingerprint density at radius 1 is 1.38 bits per heavy atom. The first-order chi connectivity index (χ1) is 6.25. The molecule has 2 heteroatoms. The van der Waals surface area contributed by atoms with E-state index < -0.39 is 0 Å². The minimum atomic E-state index is -0.0368. The van der Waals surface area contributed by atoms with Crippen LogP contribution >= 0.6 is 0 Å². The Hall–Kier alpha value is -0.0800. The Balaban J connectivity index is 1.73. The van der Waals surface area contributed by atoms with Crippen molar-refractivity contribution in [3.8, 4) is 0 Å². The summed E-state index contributed by atoms with van der Waals surface area (Å²) in [5, 5.41) is 9.79. The second kappa shape index (κ2) is 3.97. The van der Waals surface area contributed by atoms with Gasteiger partial charge in [0.2, 0.25) is 0 Å². The van der Waals surface area contributed by atoms with Crippen LogP contribution in [0.5, 0.6) is 0 Å². The summed E-state index contributed by atoms with van der Waals surface area (Å²) >= 11 is 0. The van der Waals surface area contributed by atoms with E-state index in [2.05, 4.69) is 11.8 Å². The number of rotatable bonds is 3. The molecule has 2 fully saturated rings. The molecule has 2 rings (SSSR count). The average Bonchev–Trinajstić information content (AvgIpc) is 2.85. The Bertz CT molecular complexity index is 167. The predicted molar refractivity (Wildman–Crippen MR) is 53.6 cm³/mol. The maximum absolute atomic E-state index is 9.79. The summed E-state index contributed by atoms with van der Waals surface area (Å²) in [5.41, 5.74) is 0. The van der Waals surface area contributed by atoms with E-state index in [1.165, 1.54) is 38.8 Å². The molecule has 76 valence electrons. The van der Waals surface area contributed by atoms with Crippen LogP contribution in [-0.4, -0.2) is 35.7 Å². The lowest BCUT2D eigenvalue weighted by Gasteiger charge is -2.32. The zero-order valence-corrected chi connectivity index (χ0v) is 8.58. The highest BCUT2D eigenvalue weighted by Crippen LogP contribution is 2.33. The molecule has 1 aliphatic carbocycles. The van der Waals surface area contributed by atoms with Gasteiger partial charge in [0.05, 0.1) is 6.10 Å². The summed E-state index contributed by atoms with van der Waals surface area (Å²) in [5.74, 6) is 1.47. The van der Waals surface area contributed by atoms with Crippen LogP contribution in [0.15, 0.2) is 0 Å². The molecule has 1 saturated carbocycles. The van der Waals surface area contributed by atoms with Crippen molar-refractivity contribution in [2.24, 2.45) is 11.8 Å². The van der Waals surface area contributed by atoms with Gasteiger partial charge in [-0.05, 0) is 44.1 Å². The summed E-state index contributed by atoms with van der Waals surface area (Å²) < 4.78 is 0. The lowest BCUT2D eigenvalue weighted by Crippen LogP contribution is -2.40. The van der Waals surface area contributed by atoms with Crippen molar-refractivity contribution in [2.45, 2.75) is 38.7 Å². The lowest BCUT2D eigenvalue weighted by molar-refractivity contribution is 0.0741. The van der Waals surface area contributed by atoms with Gasteiger partial charge in [-0.1, -0.05) is 6.92 Å². The van der Waals surface area contributed by atoms with Crippen molar-refractivity contribution < 1.29 is 5.11 Å². The van der Waals surface area contributed by atoms with Gasteiger partial charge in [0.25, 0.3) is 0 Å². The molecule has 0 aromatic heterocycles. The molecule has 2 aliphatic rings. The van der Waals surface area contributed by atoms with Gasteiger partial charge in [-0.2, -0.15) is 0 Å². The van der Waals surface area contributed by atoms with Crippen LogP contribution < -0.4 is 0 Å². The molecule has 0 radical (unpaired) electrons. The fraction of sp³-hybridized carbons (Fsp3) is 1.00. The standard InChI is InChI=1S/C11H21NO/c1-9-3-2-6-12(7-9)8-11(13)10-4-5-10/h9-11,13H,2-8H2,1H3. The van der Waals surface area contributed by atoms with Gasteiger partial charge in [-0.15, -0.1) is 0 Å². The first-order valence-electron chi connectivity index (χ1n) is 5.66. The summed E-state index contributed by atoms with van der Waals surface area (Å²) in [6.07, 6.45) is 5.16. The number of aliphatic hydroxyl groups excluding tert-OH is 1. The molecule has 2 unspecified atom stereocenters. The third-order valence-corrected chi connectivity index (χ3v) is 3.35. The molecule has 2 nitrogen and oxygen atoms in total. The van der Waals surface area contributed by atoms with Crippen LogP contribution in [0.4, 0.5) is 0 Å². The van der Waals surface area contributed by atoms with Crippen LogP contribution in [0.25, 0.3) is 0 Å². The predicted octanol–water partition coefficient (Wildman–Crippen LogP) is 1.49. The molecular weight excluding hydrogens is 162 g/mol. The fourth-order valence-corrected chi connectivity index (χ4v) is 2.35. The van der Waals surface area contributed by atoms with Crippen LogP contribution in [-0.2, 0) is 0 Å². The number of nitrogens with zero attached hydrogens (tertiary/aromatic N) is 1. The van der Waals surface area contributed by atoms with Crippen LogP contribution in [0.2, 0.25) is 0 Å². The SMILES string of the molecule is CC1CCCN(CC(O)C2CC2)C1. The molecule has 1 heterocycles. The minimum Gasteiger partial charge on any atom is -0.392 e. The zero-order valence-electron chi connectivity index (χ0n) is 8.58. The number of piperidine rings is 1. The molecule has 2 atom stereocenters. The first kappa shape index (κ1) is 9.47. The minimum absolute atomic E-state index is 0.0368. The quantitative estimate of drug-likeness (QED) is 0.716. The monoisotopic (exact) mass is 183 g/mol. The number of β-amino-alcohol motifs (C(OH)–C–C–N with tert-alkyl or cyclic N) is 1. The first-order valence-corrected chi connectivity index (χ1v) is 5.66. The Labute approximate surface area is 80.9 Å². The van der Waals surface area contributed by atoms with E-state index in [0.29, 0.717) is 5.92 Å². The number of hydrogen-bond acceptors (Lipinski definition) is 2. The molecule has 0 spiro atoms. The van der Waals surface area contributed by atoms with Gasteiger partial charge in [0, 0.05) is 13.1 Å².